The maximum Gasteiger partial charge on any atom is 0.292 e. The van der Waals surface area contributed by atoms with Crippen LogP contribution in [0.1, 0.15) is 55.3 Å². The minimum atomic E-state index is 0.0319. The minimum Gasteiger partial charge on any atom is -0.351 e. The summed E-state index contributed by atoms with van der Waals surface area (Å²) < 4.78 is 5.14. The summed E-state index contributed by atoms with van der Waals surface area (Å²) in [4.78, 5) is 14.6. The minimum absolute atomic E-state index is 0.0319. The second kappa shape index (κ2) is 4.99. The molecule has 2 fully saturated rings. The van der Waals surface area contributed by atoms with Crippen LogP contribution in [0.3, 0.4) is 0 Å². The SMILES string of the molecule is Cc1cc(C(=O)N2CCC(C)C3CCCCC32)on1. The maximum atomic E-state index is 12.6. The monoisotopic (exact) mass is 262 g/mol. The van der Waals surface area contributed by atoms with E-state index in [-0.39, 0.29) is 5.91 Å². The van der Waals surface area contributed by atoms with Gasteiger partial charge in [0.15, 0.2) is 0 Å². The molecular formula is C15H22N2O2. The largest absolute Gasteiger partial charge is 0.351 e. The third-order valence-corrected chi connectivity index (χ3v) is 4.84. The second-order valence-corrected chi connectivity index (χ2v) is 6.11. The molecule has 1 saturated carbocycles. The van der Waals surface area contributed by atoms with Gasteiger partial charge in [-0.25, -0.2) is 0 Å². The predicted molar refractivity (Wildman–Crippen MR) is 71.8 cm³/mol. The number of likely N-dealkylation sites (tertiary alicyclic amines) is 1. The smallest absolute Gasteiger partial charge is 0.292 e. The Morgan fingerprint density at radius 2 is 2.16 bits per heavy atom. The van der Waals surface area contributed by atoms with Gasteiger partial charge in [-0.3, -0.25) is 4.79 Å². The standard InChI is InChI=1S/C15H22N2O2/c1-10-7-8-17(13-6-4-3-5-12(10)13)15(18)14-9-11(2)16-19-14/h9-10,12-13H,3-8H2,1-2H3. The number of fused-ring (bicyclic) bond motifs is 1. The van der Waals surface area contributed by atoms with Gasteiger partial charge < -0.3 is 9.42 Å². The van der Waals surface area contributed by atoms with Gasteiger partial charge in [-0.2, -0.15) is 0 Å². The van der Waals surface area contributed by atoms with Crippen LogP contribution in [0.5, 0.6) is 0 Å². The average Bonchev–Trinajstić information content (AvgIpc) is 2.86. The molecule has 1 aromatic rings. The molecule has 3 atom stereocenters. The van der Waals surface area contributed by atoms with Crippen molar-refractivity contribution in [2.45, 2.75) is 52.0 Å². The first-order valence-electron chi connectivity index (χ1n) is 7.41. The Kier molecular flexibility index (Phi) is 3.33. The molecule has 1 aliphatic carbocycles. The van der Waals surface area contributed by atoms with Crippen LogP contribution in [0.2, 0.25) is 0 Å². The molecule has 3 rings (SSSR count). The molecule has 1 amide bonds. The van der Waals surface area contributed by atoms with Gasteiger partial charge in [0, 0.05) is 18.7 Å². The number of carbonyl (C=O) groups is 1. The zero-order valence-corrected chi connectivity index (χ0v) is 11.8. The molecule has 0 radical (unpaired) electrons. The number of piperidine rings is 1. The molecular weight excluding hydrogens is 240 g/mol. The summed E-state index contributed by atoms with van der Waals surface area (Å²) in [5, 5.41) is 3.83. The normalized spacial score (nSPS) is 31.1. The topological polar surface area (TPSA) is 46.3 Å². The summed E-state index contributed by atoms with van der Waals surface area (Å²) >= 11 is 0. The Labute approximate surface area is 114 Å². The van der Waals surface area contributed by atoms with Crippen molar-refractivity contribution in [1.82, 2.24) is 10.1 Å². The number of carbonyl (C=O) groups excluding carboxylic acids is 1. The lowest BCUT2D eigenvalue weighted by atomic mass is 9.72. The van der Waals surface area contributed by atoms with Crippen molar-refractivity contribution in [2.24, 2.45) is 11.8 Å². The van der Waals surface area contributed by atoms with Crippen molar-refractivity contribution in [1.29, 1.82) is 0 Å². The van der Waals surface area contributed by atoms with E-state index >= 15 is 0 Å². The van der Waals surface area contributed by atoms with E-state index in [2.05, 4.69) is 12.1 Å². The number of aromatic nitrogens is 1. The van der Waals surface area contributed by atoms with Crippen molar-refractivity contribution in [3.8, 4) is 0 Å². The molecule has 104 valence electrons. The maximum absolute atomic E-state index is 12.6. The third-order valence-electron chi connectivity index (χ3n) is 4.84. The highest BCUT2D eigenvalue weighted by atomic mass is 16.5. The lowest BCUT2D eigenvalue weighted by molar-refractivity contribution is 0.0188. The lowest BCUT2D eigenvalue weighted by Crippen LogP contribution is -2.52. The fourth-order valence-electron chi connectivity index (χ4n) is 3.77. The van der Waals surface area contributed by atoms with E-state index in [1.54, 1.807) is 6.07 Å². The second-order valence-electron chi connectivity index (χ2n) is 6.11. The van der Waals surface area contributed by atoms with Crippen molar-refractivity contribution < 1.29 is 9.32 Å². The quantitative estimate of drug-likeness (QED) is 0.781. The summed E-state index contributed by atoms with van der Waals surface area (Å²) in [6.07, 6.45) is 6.08. The predicted octanol–water partition coefficient (Wildman–Crippen LogP) is 3.02. The molecule has 2 heterocycles. The van der Waals surface area contributed by atoms with E-state index in [4.69, 9.17) is 4.52 Å². The first-order chi connectivity index (χ1) is 9.16. The number of hydrogen-bond acceptors (Lipinski definition) is 3. The molecule has 0 N–H and O–H groups in total. The number of nitrogens with zero attached hydrogens (tertiary/aromatic N) is 2. The van der Waals surface area contributed by atoms with E-state index in [1.165, 1.54) is 19.3 Å². The first kappa shape index (κ1) is 12.7. The van der Waals surface area contributed by atoms with Gasteiger partial charge in [0.05, 0.1) is 5.69 Å². The number of rotatable bonds is 1. The van der Waals surface area contributed by atoms with E-state index < -0.39 is 0 Å². The van der Waals surface area contributed by atoms with Crippen molar-refractivity contribution >= 4 is 5.91 Å². The zero-order valence-electron chi connectivity index (χ0n) is 11.8. The van der Waals surface area contributed by atoms with Crippen LogP contribution in [0.4, 0.5) is 0 Å². The Bertz CT molecular complexity index is 468. The van der Waals surface area contributed by atoms with Gasteiger partial charge in [0.25, 0.3) is 5.91 Å². The van der Waals surface area contributed by atoms with Gasteiger partial charge >= 0.3 is 0 Å². The fourth-order valence-corrected chi connectivity index (χ4v) is 3.77. The lowest BCUT2D eigenvalue weighted by Gasteiger charge is -2.46. The highest BCUT2D eigenvalue weighted by Gasteiger charge is 2.40. The van der Waals surface area contributed by atoms with Crippen molar-refractivity contribution in [2.75, 3.05) is 6.54 Å². The van der Waals surface area contributed by atoms with Crippen LogP contribution < -0.4 is 0 Å². The molecule has 3 unspecified atom stereocenters. The zero-order chi connectivity index (χ0) is 13.4. The molecule has 1 aromatic heterocycles. The highest BCUT2D eigenvalue weighted by Crippen LogP contribution is 2.39. The molecule has 4 heteroatoms. The van der Waals surface area contributed by atoms with Gasteiger partial charge in [0.1, 0.15) is 0 Å². The van der Waals surface area contributed by atoms with Crippen LogP contribution in [-0.2, 0) is 0 Å². The molecule has 0 aromatic carbocycles. The summed E-state index contributed by atoms with van der Waals surface area (Å²) in [5.74, 6) is 1.85. The summed E-state index contributed by atoms with van der Waals surface area (Å²) in [5.41, 5.74) is 0.772. The van der Waals surface area contributed by atoms with Crippen LogP contribution in [0.25, 0.3) is 0 Å². The molecule has 0 bridgehead atoms. The van der Waals surface area contributed by atoms with Crippen LogP contribution in [-0.4, -0.2) is 28.6 Å². The molecule has 1 aliphatic heterocycles. The van der Waals surface area contributed by atoms with Crippen LogP contribution in [0, 0.1) is 18.8 Å². The van der Waals surface area contributed by atoms with Crippen molar-refractivity contribution in [3.05, 3.63) is 17.5 Å². The van der Waals surface area contributed by atoms with Gasteiger partial charge in [0.2, 0.25) is 5.76 Å². The average molecular weight is 262 g/mol. The van der Waals surface area contributed by atoms with Crippen LogP contribution in [0.15, 0.2) is 10.6 Å². The van der Waals surface area contributed by atoms with E-state index in [9.17, 15) is 4.79 Å². The molecule has 0 spiro atoms. The first-order valence-corrected chi connectivity index (χ1v) is 7.41. The Morgan fingerprint density at radius 1 is 1.37 bits per heavy atom. The Balaban J connectivity index is 1.81. The number of amides is 1. The van der Waals surface area contributed by atoms with Gasteiger partial charge in [-0.15, -0.1) is 0 Å². The summed E-state index contributed by atoms with van der Waals surface area (Å²) in [6.45, 7) is 5.05. The molecule has 19 heavy (non-hydrogen) atoms. The Hall–Kier alpha value is -1.32. The Morgan fingerprint density at radius 3 is 2.89 bits per heavy atom. The van der Waals surface area contributed by atoms with Crippen molar-refractivity contribution in [3.63, 3.8) is 0 Å². The summed E-state index contributed by atoms with van der Waals surface area (Å²) in [6, 6.07) is 2.16. The summed E-state index contributed by atoms with van der Waals surface area (Å²) in [7, 11) is 0. The number of hydrogen-bond donors (Lipinski definition) is 0. The molecule has 4 nitrogen and oxygen atoms in total. The fraction of sp³-hybridized carbons (Fsp3) is 0.733. The number of aryl methyl sites for hydroxylation is 1. The third kappa shape index (κ3) is 2.28. The highest BCUT2D eigenvalue weighted by molar-refractivity contribution is 5.91. The molecule has 1 saturated heterocycles. The van der Waals surface area contributed by atoms with E-state index in [0.717, 1.165) is 31.0 Å². The van der Waals surface area contributed by atoms with E-state index in [0.29, 0.717) is 17.7 Å². The van der Waals surface area contributed by atoms with Gasteiger partial charge in [-0.05, 0) is 38.0 Å². The molecule has 2 aliphatic rings. The van der Waals surface area contributed by atoms with Crippen LogP contribution >= 0.6 is 0 Å². The van der Waals surface area contributed by atoms with Gasteiger partial charge in [-0.1, -0.05) is 24.9 Å². The van der Waals surface area contributed by atoms with E-state index in [1.807, 2.05) is 11.8 Å².